The summed E-state index contributed by atoms with van der Waals surface area (Å²) in [7, 11) is 0. The summed E-state index contributed by atoms with van der Waals surface area (Å²) in [5, 5.41) is 5.48. The van der Waals surface area contributed by atoms with Gasteiger partial charge in [-0.2, -0.15) is 12.1 Å². The zero-order chi connectivity index (χ0) is 31.5. The van der Waals surface area contributed by atoms with Crippen molar-refractivity contribution in [2.45, 2.75) is 73.6 Å². The molecule has 0 unspecified atom stereocenters. The molecule has 234 valence electrons. The van der Waals surface area contributed by atoms with Gasteiger partial charge in [0.05, 0.1) is 0 Å². The molecule has 0 bridgehead atoms. The molecule has 0 saturated heterocycles. The molecule has 0 amide bonds. The first kappa shape index (κ1) is 38.4. The van der Waals surface area contributed by atoms with Crippen LogP contribution in [0.15, 0.2) is 97.1 Å². The van der Waals surface area contributed by atoms with Gasteiger partial charge >= 0.3 is 30.2 Å². The van der Waals surface area contributed by atoms with Gasteiger partial charge in [0.25, 0.3) is 0 Å². The fraction of sp³-hybridized carbons (Fsp3) is 0.256. The molecule has 2 radical (unpaired) electrons. The molecule has 6 rings (SSSR count). The Kier molecular flexibility index (Phi) is 13.8. The summed E-state index contributed by atoms with van der Waals surface area (Å²) >= 11 is 1.36. The molecular weight excluding hydrogens is 636 g/mol. The summed E-state index contributed by atoms with van der Waals surface area (Å²) < 4.78 is 0. The van der Waals surface area contributed by atoms with Crippen LogP contribution in [0.25, 0.3) is 43.8 Å². The molecule has 0 fully saturated rings. The third-order valence-electron chi connectivity index (χ3n) is 8.42. The molecule has 0 aromatic heterocycles. The Morgan fingerprint density at radius 2 is 1.29 bits per heavy atom. The summed E-state index contributed by atoms with van der Waals surface area (Å²) in [5.74, 6) is 0.578. The van der Waals surface area contributed by atoms with Crippen LogP contribution in [0, 0.1) is 42.5 Å². The van der Waals surface area contributed by atoms with Crippen molar-refractivity contribution in [3.05, 3.63) is 145 Å². The van der Waals surface area contributed by atoms with Gasteiger partial charge in [-0.05, 0) is 47.4 Å². The average Bonchev–Trinajstić information content (AvgIpc) is 3.59. The summed E-state index contributed by atoms with van der Waals surface area (Å²) in [6.45, 7) is 23.1. The first-order chi connectivity index (χ1) is 20.4. The van der Waals surface area contributed by atoms with Gasteiger partial charge < -0.3 is 14.9 Å². The van der Waals surface area contributed by atoms with Crippen molar-refractivity contribution in [2.75, 3.05) is 0 Å². The van der Waals surface area contributed by atoms with E-state index in [-0.39, 0.29) is 20.3 Å². The molecule has 0 nitrogen and oxygen atoms in total. The Balaban J connectivity index is 0.000000285. The zero-order valence-corrected chi connectivity index (χ0v) is 32.8. The summed E-state index contributed by atoms with van der Waals surface area (Å²) in [5.41, 5.74) is 13.7. The molecule has 0 heterocycles. The number of fused-ring (bicyclic) bond motifs is 2. The second-order valence-corrected chi connectivity index (χ2v) is 13.2. The number of benzene rings is 4. The van der Waals surface area contributed by atoms with E-state index >= 15 is 0 Å². The SMILES string of the molecule is Cc1cc2c(-c3ccc(C(C)(C)C)cc3)ccc(C)c2[cH-]1.Cc1ccc(-c2cccc3[cH-]c(C(C)C)cc23)c(C)c1.[CH3-].[CH3-].[Si]=[Zr]. The van der Waals surface area contributed by atoms with E-state index in [9.17, 15) is 0 Å². The Hall–Kier alpha value is -2.80. The van der Waals surface area contributed by atoms with Crippen molar-refractivity contribution in [3.8, 4) is 22.3 Å². The van der Waals surface area contributed by atoms with E-state index in [1.807, 2.05) is 0 Å². The van der Waals surface area contributed by atoms with Crippen LogP contribution in [0.3, 0.4) is 0 Å². The van der Waals surface area contributed by atoms with Crippen LogP contribution < -0.4 is 0 Å². The molecule has 6 aromatic rings. The van der Waals surface area contributed by atoms with Gasteiger partial charge in [-0.15, -0.1) is 68.6 Å². The van der Waals surface area contributed by atoms with E-state index in [0.29, 0.717) is 5.92 Å². The van der Waals surface area contributed by atoms with Crippen LogP contribution in [0.4, 0.5) is 0 Å². The third-order valence-corrected chi connectivity index (χ3v) is 8.42. The molecule has 0 atom stereocenters. The van der Waals surface area contributed by atoms with Gasteiger partial charge in [-0.3, -0.25) is 0 Å². The second kappa shape index (κ2) is 16.2. The van der Waals surface area contributed by atoms with Gasteiger partial charge in [-0.1, -0.05) is 120 Å². The molecule has 0 saturated carbocycles. The maximum atomic E-state index is 3.06. The number of rotatable bonds is 3. The average molecular weight is 686 g/mol. The maximum absolute atomic E-state index is 3.06. The van der Waals surface area contributed by atoms with Gasteiger partial charge in [0.1, 0.15) is 0 Å². The number of hydrogen-bond donors (Lipinski definition) is 0. The Bertz CT molecular complexity index is 1840. The van der Waals surface area contributed by atoms with Crippen LogP contribution in [-0.2, 0) is 28.8 Å². The molecule has 0 aliphatic carbocycles. The molecule has 0 aliphatic rings. The number of hydrogen-bond acceptors (Lipinski definition) is 0. The van der Waals surface area contributed by atoms with Crippen molar-refractivity contribution >= 4 is 28.4 Å². The second-order valence-electron chi connectivity index (χ2n) is 13.2. The van der Waals surface area contributed by atoms with Crippen molar-refractivity contribution in [2.24, 2.45) is 0 Å². The van der Waals surface area contributed by atoms with Crippen LogP contribution in [0.1, 0.15) is 73.9 Å². The van der Waals surface area contributed by atoms with E-state index in [4.69, 9.17) is 0 Å². The molecule has 0 aliphatic heterocycles. The minimum atomic E-state index is 0. The normalized spacial score (nSPS) is 10.8. The monoisotopic (exact) mass is 684 g/mol. The topological polar surface area (TPSA) is 0 Å². The van der Waals surface area contributed by atoms with E-state index in [1.165, 1.54) is 101 Å². The van der Waals surface area contributed by atoms with E-state index in [2.05, 4.69) is 166 Å². The Morgan fingerprint density at radius 1 is 0.644 bits per heavy atom. The van der Waals surface area contributed by atoms with Gasteiger partial charge in [0, 0.05) is 0 Å². The van der Waals surface area contributed by atoms with E-state index in [1.54, 1.807) is 0 Å². The quantitative estimate of drug-likeness (QED) is 0.128. The van der Waals surface area contributed by atoms with Crippen LogP contribution in [0.5, 0.6) is 0 Å². The predicted octanol–water partition coefficient (Wildman–Crippen LogP) is 12.6. The van der Waals surface area contributed by atoms with E-state index in [0.717, 1.165) is 0 Å². The van der Waals surface area contributed by atoms with Crippen LogP contribution in [-0.4, -0.2) is 6.88 Å². The fourth-order valence-corrected chi connectivity index (χ4v) is 5.93. The molecule has 6 aromatic carbocycles. The Labute approximate surface area is 291 Å². The predicted molar refractivity (Wildman–Crippen MR) is 200 cm³/mol. The standard InChI is InChI=1S/C21H23.C20H21.2CH3.Si.Zr/c1-14-12-19-15(2)6-11-18(20(19)13-14)16-7-9-17(10-8-16)21(3,4)5;1-13(2)17-11-16-6-5-7-19(20(16)12-17)18-9-8-14(3)10-15(18)4;;;;/h6-13H,1-5H3;5-13H,1-4H3;2*1H3;;/q4*-1;;. The van der Waals surface area contributed by atoms with Crippen molar-refractivity contribution in [1.82, 2.24) is 0 Å². The molecular formula is C43H50SiZr-4. The first-order valence-electron chi connectivity index (χ1n) is 15.2. The zero-order valence-electron chi connectivity index (χ0n) is 29.3. The van der Waals surface area contributed by atoms with Crippen LogP contribution in [0.2, 0.25) is 0 Å². The molecule has 45 heavy (non-hydrogen) atoms. The van der Waals surface area contributed by atoms with Crippen molar-refractivity contribution in [1.29, 1.82) is 0 Å². The molecule has 0 spiro atoms. The third kappa shape index (κ3) is 8.72. The Morgan fingerprint density at radius 3 is 1.89 bits per heavy atom. The minimum absolute atomic E-state index is 0. The van der Waals surface area contributed by atoms with Crippen molar-refractivity contribution in [3.63, 3.8) is 0 Å². The summed E-state index contributed by atoms with van der Waals surface area (Å²) in [6, 6.07) is 36.1. The van der Waals surface area contributed by atoms with E-state index < -0.39 is 0 Å². The van der Waals surface area contributed by atoms with Gasteiger partial charge in [0.2, 0.25) is 0 Å². The van der Waals surface area contributed by atoms with Crippen molar-refractivity contribution < 1.29 is 23.3 Å². The fourth-order valence-electron chi connectivity index (χ4n) is 5.93. The molecule has 2 heteroatoms. The summed E-state index contributed by atoms with van der Waals surface area (Å²) in [6.07, 6.45) is 0. The number of aryl methyl sites for hydroxylation is 4. The van der Waals surface area contributed by atoms with Gasteiger partial charge in [-0.25, -0.2) is 0 Å². The molecule has 0 N–H and O–H groups in total. The first-order valence-corrected chi connectivity index (χ1v) is 19.4. The summed E-state index contributed by atoms with van der Waals surface area (Å²) in [4.78, 5) is 0. The van der Waals surface area contributed by atoms with Crippen LogP contribution >= 0.6 is 0 Å². The van der Waals surface area contributed by atoms with Gasteiger partial charge in [0.15, 0.2) is 0 Å².